The number of ketones is 1. The second-order valence-electron chi connectivity index (χ2n) is 11.5. The van der Waals surface area contributed by atoms with Crippen molar-refractivity contribution in [2.75, 3.05) is 0 Å². The number of aliphatic hydroxyl groups excluding tert-OH is 1. The van der Waals surface area contributed by atoms with Gasteiger partial charge in [-0.15, -0.1) is 0 Å². The van der Waals surface area contributed by atoms with Gasteiger partial charge in [0.05, 0.1) is 18.1 Å². The minimum Gasteiger partial charge on any atom is -0.481 e. The van der Waals surface area contributed by atoms with E-state index in [0.29, 0.717) is 36.5 Å². The normalized spacial score (nSPS) is 51.6. The molecule has 0 aromatic heterocycles. The molecule has 4 rings (SSSR count). The quantitative estimate of drug-likeness (QED) is 0.660. The lowest BCUT2D eigenvalue weighted by Crippen LogP contribution is -2.59. The first kappa shape index (κ1) is 21.3. The molecular weight excluding hydrogens is 368 g/mol. The van der Waals surface area contributed by atoms with Gasteiger partial charge in [0.2, 0.25) is 0 Å². The van der Waals surface area contributed by atoms with E-state index in [2.05, 4.69) is 13.8 Å². The number of hydrogen-bond donors (Lipinski definition) is 3. The highest BCUT2D eigenvalue weighted by atomic mass is 16.4. The van der Waals surface area contributed by atoms with E-state index < -0.39 is 17.7 Å². The van der Waals surface area contributed by atoms with Crippen molar-refractivity contribution in [2.24, 2.45) is 40.4 Å². The average Bonchev–Trinajstić information content (AvgIpc) is 2.98. The highest BCUT2D eigenvalue weighted by molar-refractivity contribution is 5.85. The van der Waals surface area contributed by atoms with E-state index in [1.807, 2.05) is 0 Å². The molecule has 3 N–H and O–H groups in total. The van der Waals surface area contributed by atoms with Gasteiger partial charge in [-0.3, -0.25) is 9.59 Å². The van der Waals surface area contributed by atoms with Crippen LogP contribution in [0.15, 0.2) is 0 Å². The monoisotopic (exact) mass is 406 g/mol. The summed E-state index contributed by atoms with van der Waals surface area (Å²) >= 11 is 0. The van der Waals surface area contributed by atoms with Crippen molar-refractivity contribution >= 4 is 11.8 Å². The molecule has 1 unspecified atom stereocenters. The third-order valence-electron chi connectivity index (χ3n) is 10.0. The lowest BCUT2D eigenvalue weighted by atomic mass is 9.43. The summed E-state index contributed by atoms with van der Waals surface area (Å²) in [5.41, 5.74) is -0.911. The second-order valence-corrected chi connectivity index (χ2v) is 11.5. The van der Waals surface area contributed by atoms with Crippen molar-refractivity contribution in [3.63, 3.8) is 0 Å². The van der Waals surface area contributed by atoms with Crippen LogP contribution in [-0.2, 0) is 9.59 Å². The van der Waals surface area contributed by atoms with Gasteiger partial charge < -0.3 is 15.3 Å². The number of carboxylic acid groups (broad SMARTS) is 1. The highest BCUT2D eigenvalue weighted by Crippen LogP contribution is 2.68. The Morgan fingerprint density at radius 3 is 2.28 bits per heavy atom. The molecule has 0 aromatic carbocycles. The van der Waals surface area contributed by atoms with Crippen molar-refractivity contribution < 1.29 is 24.9 Å². The number of carbonyl (C=O) groups excluding carboxylic acids is 1. The highest BCUT2D eigenvalue weighted by Gasteiger charge is 2.62. The summed E-state index contributed by atoms with van der Waals surface area (Å²) in [5, 5.41) is 30.2. The van der Waals surface area contributed by atoms with Crippen molar-refractivity contribution in [1.82, 2.24) is 0 Å². The zero-order valence-electron chi connectivity index (χ0n) is 18.2. The van der Waals surface area contributed by atoms with Gasteiger partial charge in [0.25, 0.3) is 0 Å². The maximum atomic E-state index is 12.9. The van der Waals surface area contributed by atoms with E-state index in [-0.39, 0.29) is 35.4 Å². The molecule has 4 fully saturated rings. The largest absolute Gasteiger partial charge is 0.481 e. The van der Waals surface area contributed by atoms with Crippen LogP contribution >= 0.6 is 0 Å². The standard InChI is InChI=1S/C24H38O5/c1-22-11-10-17-15(16(22)6-7-18(22)19(25)8-9-21(27)28)5-4-14-12-24(3,29)20(26)13-23(14,17)2/h14-18,20,26,29H,4-13H2,1-3H3,(H,27,28)/t14-,15-,16-,17-,18+,20?,22-,23-,24-/m0/s1. The van der Waals surface area contributed by atoms with Crippen LogP contribution in [-0.4, -0.2) is 38.8 Å². The summed E-state index contributed by atoms with van der Waals surface area (Å²) in [5.74, 6) is 1.40. The zero-order chi connectivity index (χ0) is 21.2. The van der Waals surface area contributed by atoms with Gasteiger partial charge in [0.15, 0.2) is 0 Å². The molecule has 5 heteroatoms. The van der Waals surface area contributed by atoms with Gasteiger partial charge >= 0.3 is 5.97 Å². The summed E-state index contributed by atoms with van der Waals surface area (Å²) in [6, 6.07) is 0. The van der Waals surface area contributed by atoms with Gasteiger partial charge in [-0.1, -0.05) is 13.8 Å². The third kappa shape index (κ3) is 3.27. The molecule has 0 spiro atoms. The van der Waals surface area contributed by atoms with Crippen LogP contribution in [0.3, 0.4) is 0 Å². The van der Waals surface area contributed by atoms with Crippen LogP contribution in [0.25, 0.3) is 0 Å². The Bertz CT molecular complexity index is 687. The maximum Gasteiger partial charge on any atom is 0.303 e. The Balaban J connectivity index is 1.54. The molecule has 0 radical (unpaired) electrons. The van der Waals surface area contributed by atoms with Gasteiger partial charge in [0, 0.05) is 12.3 Å². The second kappa shape index (κ2) is 7.05. The molecule has 0 aromatic rings. The van der Waals surface area contributed by atoms with Crippen molar-refractivity contribution in [3.05, 3.63) is 0 Å². The topological polar surface area (TPSA) is 94.8 Å². The number of rotatable bonds is 4. The Morgan fingerprint density at radius 1 is 0.897 bits per heavy atom. The number of carboxylic acids is 1. The number of aliphatic carboxylic acids is 1. The van der Waals surface area contributed by atoms with E-state index >= 15 is 0 Å². The number of fused-ring (bicyclic) bond motifs is 5. The fourth-order valence-electron chi connectivity index (χ4n) is 8.39. The summed E-state index contributed by atoms with van der Waals surface area (Å²) in [6.07, 6.45) is 7.16. The Hall–Kier alpha value is -0.940. The number of aliphatic hydroxyl groups is 2. The van der Waals surface area contributed by atoms with Crippen molar-refractivity contribution in [3.8, 4) is 0 Å². The average molecular weight is 407 g/mol. The molecule has 4 aliphatic carbocycles. The molecule has 0 saturated heterocycles. The SMILES string of the molecule is C[C@]12CC(O)[C@@](C)(O)C[C@@H]1CC[C@@H]1[C@@H]2CC[C@]2(C)[C@@H](C(=O)CCC(=O)O)CC[C@@H]12. The van der Waals surface area contributed by atoms with E-state index in [1.165, 1.54) is 0 Å². The minimum atomic E-state index is -0.977. The van der Waals surface area contributed by atoms with Crippen LogP contribution in [0, 0.1) is 40.4 Å². The first-order valence-electron chi connectivity index (χ1n) is 11.6. The van der Waals surface area contributed by atoms with E-state index in [4.69, 9.17) is 5.11 Å². The van der Waals surface area contributed by atoms with Gasteiger partial charge in [-0.2, -0.15) is 0 Å². The van der Waals surface area contributed by atoms with Crippen LogP contribution in [0.5, 0.6) is 0 Å². The lowest BCUT2D eigenvalue weighted by molar-refractivity contribution is -0.191. The van der Waals surface area contributed by atoms with Gasteiger partial charge in [-0.25, -0.2) is 0 Å². The predicted octanol–water partition coefficient (Wildman–Crippen LogP) is 3.80. The van der Waals surface area contributed by atoms with E-state index in [0.717, 1.165) is 38.5 Å². The fraction of sp³-hybridized carbons (Fsp3) is 0.917. The number of hydrogen-bond acceptors (Lipinski definition) is 4. The Labute approximate surface area is 174 Å². The molecule has 0 heterocycles. The molecule has 164 valence electrons. The van der Waals surface area contributed by atoms with E-state index in [1.54, 1.807) is 6.92 Å². The Morgan fingerprint density at radius 2 is 1.59 bits per heavy atom. The zero-order valence-corrected chi connectivity index (χ0v) is 18.2. The summed E-state index contributed by atoms with van der Waals surface area (Å²) in [6.45, 7) is 6.42. The Kier molecular flexibility index (Phi) is 5.18. The maximum absolute atomic E-state index is 12.9. The van der Waals surface area contributed by atoms with Gasteiger partial charge in [-0.05, 0) is 92.8 Å². The van der Waals surface area contributed by atoms with Gasteiger partial charge in [0.1, 0.15) is 5.78 Å². The van der Waals surface area contributed by atoms with Crippen LogP contribution in [0.4, 0.5) is 0 Å². The predicted molar refractivity (Wildman–Crippen MR) is 109 cm³/mol. The first-order chi connectivity index (χ1) is 13.5. The molecule has 29 heavy (non-hydrogen) atoms. The molecule has 5 nitrogen and oxygen atoms in total. The van der Waals surface area contributed by atoms with Crippen LogP contribution < -0.4 is 0 Å². The molecule has 0 bridgehead atoms. The summed E-state index contributed by atoms with van der Waals surface area (Å²) in [4.78, 5) is 23.8. The molecule has 4 aliphatic rings. The number of Topliss-reactive ketones (excluding diaryl/α,β-unsaturated/α-hetero) is 1. The molecule has 9 atom stereocenters. The molecular formula is C24H38O5. The summed E-state index contributed by atoms with van der Waals surface area (Å²) in [7, 11) is 0. The van der Waals surface area contributed by atoms with Crippen LogP contribution in [0.2, 0.25) is 0 Å². The first-order valence-corrected chi connectivity index (χ1v) is 11.6. The molecule has 0 aliphatic heterocycles. The molecule has 0 amide bonds. The summed E-state index contributed by atoms with van der Waals surface area (Å²) < 4.78 is 0. The fourth-order valence-corrected chi connectivity index (χ4v) is 8.39. The van der Waals surface area contributed by atoms with Crippen LogP contribution in [0.1, 0.15) is 85.0 Å². The third-order valence-corrected chi connectivity index (χ3v) is 10.0. The smallest absolute Gasteiger partial charge is 0.303 e. The van der Waals surface area contributed by atoms with E-state index in [9.17, 15) is 19.8 Å². The van der Waals surface area contributed by atoms with Crippen molar-refractivity contribution in [1.29, 1.82) is 0 Å². The van der Waals surface area contributed by atoms with Crippen molar-refractivity contribution in [2.45, 2.75) is 96.7 Å². The molecule has 4 saturated carbocycles. The lowest BCUT2D eigenvalue weighted by Gasteiger charge is -2.62. The minimum absolute atomic E-state index is 0.00126. The number of carbonyl (C=O) groups is 2.